The van der Waals surface area contributed by atoms with Crippen LogP contribution in [0.15, 0.2) is 110 Å². The van der Waals surface area contributed by atoms with Crippen LogP contribution in [-0.4, -0.2) is 128 Å². The fourth-order valence-corrected chi connectivity index (χ4v) is 10.5. The first-order valence-electron chi connectivity index (χ1n) is 45.0. The van der Waals surface area contributed by atoms with Crippen LogP contribution >= 0.6 is 0 Å². The molecule has 3 aromatic heterocycles. The van der Waals surface area contributed by atoms with E-state index in [1.807, 2.05) is 24.3 Å². The molecule has 4 aromatic rings. The molecule has 0 radical (unpaired) electrons. The van der Waals surface area contributed by atoms with Crippen molar-refractivity contribution in [3.05, 3.63) is 116 Å². The molecule has 110 heavy (non-hydrogen) atoms. The van der Waals surface area contributed by atoms with Gasteiger partial charge in [-0.1, -0.05) is 289 Å². The van der Waals surface area contributed by atoms with E-state index in [4.69, 9.17) is 9.47 Å². The van der Waals surface area contributed by atoms with Crippen molar-refractivity contribution in [2.45, 2.75) is 347 Å². The minimum atomic E-state index is 0.659. The monoisotopic (exact) mass is 1540 g/mol. The zero-order valence-corrected chi connectivity index (χ0v) is 78.7. The molecule has 8 saturated heterocycles. The molecule has 3 saturated carbocycles. The number of benzene rings is 1. The van der Waals surface area contributed by atoms with Gasteiger partial charge in [-0.15, -0.1) is 0 Å². The lowest BCUT2D eigenvalue weighted by Gasteiger charge is -2.47. The predicted molar refractivity (Wildman–Crippen MR) is 492 cm³/mol. The highest BCUT2D eigenvalue weighted by Crippen LogP contribution is 2.38. The second-order valence-electron chi connectivity index (χ2n) is 36.6. The molecule has 648 valence electrons. The van der Waals surface area contributed by atoms with Crippen LogP contribution in [0.5, 0.6) is 0 Å². The zero-order chi connectivity index (χ0) is 84.2. The minimum absolute atomic E-state index is 0.659. The maximum atomic E-state index is 5.07. The van der Waals surface area contributed by atoms with Gasteiger partial charge in [-0.3, -0.25) is 15.0 Å². The van der Waals surface area contributed by atoms with Crippen LogP contribution in [0.25, 0.3) is 0 Å². The molecular formula is C97H193N11O2. The molecule has 5 unspecified atom stereocenters. The van der Waals surface area contributed by atoms with E-state index in [1.165, 1.54) is 147 Å². The molecule has 5 atom stereocenters. The highest BCUT2D eigenvalue weighted by atomic mass is 16.5. The SMILES string of the molecule is C1CCCCC1.C1CCNCC1.C1CCOCC1.C1CNCCN1.C1COCCN1.CC(C)C.CC(C)C.CC(C)C.CC(C)C.CC(C)C.CC(C)C.CC(C)C.CC(C)C.CC(C)C1CC2CC(C1)N2.CC(C)C1CC2CCC1CN2.CC(C)c1ccccc1.c1ccncc1.c1cnccn1.c1cncnc1. The van der Waals surface area contributed by atoms with Crippen molar-refractivity contribution in [2.24, 2.45) is 76.9 Å². The average molecular weight is 1550 g/mol. The number of hydrogen-bond donors (Lipinski definition) is 6. The van der Waals surface area contributed by atoms with Crippen LogP contribution in [0.3, 0.4) is 0 Å². The Bertz CT molecular complexity index is 1790. The van der Waals surface area contributed by atoms with Gasteiger partial charge < -0.3 is 41.4 Å². The van der Waals surface area contributed by atoms with Gasteiger partial charge in [-0.2, -0.15) is 0 Å². The second kappa shape index (κ2) is 90.7. The van der Waals surface area contributed by atoms with E-state index < -0.39 is 0 Å². The van der Waals surface area contributed by atoms with Crippen LogP contribution in [0, 0.1) is 76.9 Å². The first-order valence-corrected chi connectivity index (χ1v) is 45.0. The Balaban J connectivity index is -0.000000262. The van der Waals surface area contributed by atoms with Crippen LogP contribution in [0.4, 0.5) is 0 Å². The Hall–Kier alpha value is -3.79. The molecular weight excluding hydrogens is 1350 g/mol. The number of fused-ring (bicyclic) bond motifs is 5. The highest BCUT2D eigenvalue weighted by molar-refractivity contribution is 5.17. The number of hydrogen-bond acceptors (Lipinski definition) is 13. The van der Waals surface area contributed by atoms with Crippen molar-refractivity contribution in [1.29, 1.82) is 0 Å². The van der Waals surface area contributed by atoms with Crippen molar-refractivity contribution in [1.82, 2.24) is 56.8 Å². The second-order valence-corrected chi connectivity index (χ2v) is 36.6. The number of pyridine rings is 1. The highest BCUT2D eigenvalue weighted by Gasteiger charge is 2.38. The number of morpholine rings is 1. The molecule has 15 rings (SSSR count). The van der Waals surface area contributed by atoms with Crippen molar-refractivity contribution in [3.8, 4) is 0 Å². The molecule has 8 aliphatic heterocycles. The fourth-order valence-electron chi connectivity index (χ4n) is 10.5. The predicted octanol–water partition coefficient (Wildman–Crippen LogP) is 25.0. The molecule has 1 aromatic carbocycles. The summed E-state index contributed by atoms with van der Waals surface area (Å²) in [5.41, 5.74) is 1.41. The largest absolute Gasteiger partial charge is 0.381 e. The molecule has 0 amide bonds. The molecule has 13 nitrogen and oxygen atoms in total. The molecule has 11 fully saturated rings. The van der Waals surface area contributed by atoms with E-state index in [2.05, 4.69) is 289 Å². The average Bonchev–Trinajstić information content (AvgIpc) is 0.913. The summed E-state index contributed by atoms with van der Waals surface area (Å²) in [6.07, 6.45) is 40.8. The summed E-state index contributed by atoms with van der Waals surface area (Å²) in [6.45, 7) is 80.1. The number of ether oxygens (including phenoxy) is 2. The van der Waals surface area contributed by atoms with E-state index in [9.17, 15) is 0 Å². The summed E-state index contributed by atoms with van der Waals surface area (Å²) >= 11 is 0. The van der Waals surface area contributed by atoms with Gasteiger partial charge in [0.05, 0.1) is 13.2 Å². The Morgan fingerprint density at radius 2 is 0.627 bits per heavy atom. The summed E-state index contributed by atoms with van der Waals surface area (Å²) in [5, 5.41) is 20.1. The van der Waals surface area contributed by atoms with E-state index in [1.54, 1.807) is 55.6 Å². The number of nitrogens with one attached hydrogen (secondary N) is 6. The molecule has 3 aliphatic carbocycles. The summed E-state index contributed by atoms with van der Waals surface area (Å²) in [7, 11) is 0. The van der Waals surface area contributed by atoms with Crippen LogP contribution < -0.4 is 31.9 Å². The van der Waals surface area contributed by atoms with Crippen molar-refractivity contribution < 1.29 is 9.47 Å². The third kappa shape index (κ3) is 115. The molecule has 0 spiro atoms. The van der Waals surface area contributed by atoms with E-state index in [0.29, 0.717) is 5.92 Å². The molecule has 6 N–H and O–H groups in total. The Kier molecular flexibility index (Phi) is 96.6. The van der Waals surface area contributed by atoms with Crippen molar-refractivity contribution >= 4 is 0 Å². The Morgan fingerprint density at radius 3 is 0.782 bits per heavy atom. The van der Waals surface area contributed by atoms with E-state index >= 15 is 0 Å². The van der Waals surface area contributed by atoms with Gasteiger partial charge in [0.25, 0.3) is 0 Å². The van der Waals surface area contributed by atoms with Gasteiger partial charge >= 0.3 is 0 Å². The normalized spacial score (nSPS) is 19.8. The smallest absolute Gasteiger partial charge is 0.115 e. The van der Waals surface area contributed by atoms with Gasteiger partial charge in [-0.25, -0.2) is 9.97 Å². The fraction of sp³-hybridized carbons (Fsp3) is 0.804. The lowest BCUT2D eigenvalue weighted by Crippen LogP contribution is -2.58. The standard InChI is InChI=1S/C10H19N.C9H17N.C9H12.C6H12.C5H11N.C5H5N.C5H10O.C4H10N2.2C4H4N2.C4H9NO.8C4H10/c1-7(2)10-5-9-4-3-8(10)6-11-9;1-6(2)7-3-8-5-9(4-7)10-8;1-8(2)9-6-4-3-5-7-9;4*1-2-4-6-5-3-1;2*1-2-6-4-3-5-1;1-2-5-4-6-3-1;1-3-6-4-2-5-1;8*1-4(2)3/h7-11H,3-6H2,1-2H3;6-10H,3-5H2,1-2H3;3-8H,1-2H3;1-6H2;6H,1-5H2;1-5H;1-5H2;5-6H,1-4H2;2*1-4H;5H,1-4H2;8*4H,1-3H3. The topological polar surface area (TPSA) is 155 Å². The molecule has 13 heteroatoms. The third-order valence-corrected chi connectivity index (χ3v) is 15.3. The van der Waals surface area contributed by atoms with Crippen LogP contribution in [0.1, 0.15) is 335 Å². The summed E-state index contributed by atoms with van der Waals surface area (Å²) in [6, 6.07) is 20.7. The van der Waals surface area contributed by atoms with Gasteiger partial charge in [-0.05, 0) is 197 Å². The van der Waals surface area contributed by atoms with Crippen LogP contribution in [0.2, 0.25) is 0 Å². The van der Waals surface area contributed by atoms with Crippen LogP contribution in [-0.2, 0) is 9.47 Å². The molecule has 11 aliphatic rings. The lowest BCUT2D eigenvalue weighted by atomic mass is 9.69. The maximum absolute atomic E-state index is 5.07. The van der Waals surface area contributed by atoms with Gasteiger partial charge in [0, 0.05) is 120 Å². The third-order valence-electron chi connectivity index (χ3n) is 15.3. The van der Waals surface area contributed by atoms with Gasteiger partial charge in [0.15, 0.2) is 0 Å². The number of nitrogens with zero attached hydrogens (tertiary/aromatic N) is 5. The number of piperidine rings is 4. The number of aromatic nitrogens is 5. The summed E-state index contributed by atoms with van der Waals surface area (Å²) in [4.78, 5) is 18.6. The first kappa shape index (κ1) is 117. The zero-order valence-electron chi connectivity index (χ0n) is 78.7. The minimum Gasteiger partial charge on any atom is -0.381 e. The van der Waals surface area contributed by atoms with Gasteiger partial charge in [0.2, 0.25) is 0 Å². The first-order chi connectivity index (χ1) is 52.2. The number of rotatable bonds is 3. The van der Waals surface area contributed by atoms with E-state index in [-0.39, 0.29) is 0 Å². The Labute approximate surface area is 688 Å². The van der Waals surface area contributed by atoms with E-state index in [0.717, 1.165) is 161 Å². The quantitative estimate of drug-likeness (QED) is 0.115. The van der Waals surface area contributed by atoms with Crippen molar-refractivity contribution in [2.75, 3.05) is 85.3 Å². The van der Waals surface area contributed by atoms with Gasteiger partial charge in [0.1, 0.15) is 6.33 Å². The molecule has 11 heterocycles. The maximum Gasteiger partial charge on any atom is 0.115 e. The summed E-state index contributed by atoms with van der Waals surface area (Å²) in [5.74, 6) is 12.2. The molecule has 4 bridgehead atoms. The summed E-state index contributed by atoms with van der Waals surface area (Å²) < 4.78 is 10.1. The lowest BCUT2D eigenvalue weighted by molar-refractivity contribution is 0.0968. The van der Waals surface area contributed by atoms with Crippen molar-refractivity contribution in [3.63, 3.8) is 0 Å². The number of piperazine rings is 1. The Morgan fingerprint density at radius 1 is 0.300 bits per heavy atom.